The summed E-state index contributed by atoms with van der Waals surface area (Å²) in [6.07, 6.45) is 1.03. The summed E-state index contributed by atoms with van der Waals surface area (Å²) < 4.78 is 6.21. The van der Waals surface area contributed by atoms with Gasteiger partial charge in [-0.25, -0.2) is 0 Å². The molecule has 1 aromatic carbocycles. The van der Waals surface area contributed by atoms with Crippen molar-refractivity contribution < 1.29 is 4.74 Å². The van der Waals surface area contributed by atoms with Crippen LogP contribution in [0.4, 0.5) is 5.69 Å². The molecule has 78 valence electrons. The molecule has 0 aliphatic carbocycles. The molecule has 1 N–H and O–H groups in total. The van der Waals surface area contributed by atoms with E-state index in [1.54, 1.807) is 0 Å². The summed E-state index contributed by atoms with van der Waals surface area (Å²) in [5, 5.41) is 12.1. The maximum absolute atomic E-state index is 8.73. The van der Waals surface area contributed by atoms with Gasteiger partial charge in [0.2, 0.25) is 0 Å². The Morgan fingerprint density at radius 3 is 3.00 bits per heavy atom. The van der Waals surface area contributed by atoms with Gasteiger partial charge < -0.3 is 10.1 Å². The van der Waals surface area contributed by atoms with E-state index in [1.807, 2.05) is 18.2 Å². The van der Waals surface area contributed by atoms with Crippen LogP contribution in [-0.4, -0.2) is 19.3 Å². The number of hydrogen-bond acceptors (Lipinski definition) is 3. The fourth-order valence-corrected chi connectivity index (χ4v) is 2.06. The Labute approximate surface area is 97.2 Å². The number of rotatable bonds is 2. The minimum Gasteiger partial charge on any atom is -0.379 e. The molecule has 4 heteroatoms. The van der Waals surface area contributed by atoms with Gasteiger partial charge in [0.15, 0.2) is 0 Å². The third-order valence-corrected chi connectivity index (χ3v) is 3.04. The van der Waals surface area contributed by atoms with Crippen LogP contribution < -0.4 is 5.32 Å². The van der Waals surface area contributed by atoms with Crippen LogP contribution in [-0.2, 0) is 4.74 Å². The fraction of sp³-hybridized carbons (Fsp3) is 0.364. The van der Waals surface area contributed by atoms with Crippen molar-refractivity contribution in [3.8, 4) is 6.07 Å². The van der Waals surface area contributed by atoms with Crippen molar-refractivity contribution in [1.82, 2.24) is 0 Å². The molecule has 1 heterocycles. The topological polar surface area (TPSA) is 45.0 Å². The first-order valence-corrected chi connectivity index (χ1v) is 5.63. The molecule has 0 saturated carbocycles. The molecule has 0 bridgehead atoms. The van der Waals surface area contributed by atoms with Crippen LogP contribution in [0.2, 0.25) is 0 Å². The van der Waals surface area contributed by atoms with E-state index < -0.39 is 0 Å². The second-order valence-corrected chi connectivity index (χ2v) is 4.37. The zero-order valence-electron chi connectivity index (χ0n) is 8.16. The number of halogens is 1. The second kappa shape index (κ2) is 4.65. The van der Waals surface area contributed by atoms with Gasteiger partial charge in [-0.15, -0.1) is 0 Å². The van der Waals surface area contributed by atoms with Gasteiger partial charge in [0.1, 0.15) is 0 Å². The van der Waals surface area contributed by atoms with Crippen LogP contribution >= 0.6 is 15.9 Å². The molecule has 1 aromatic rings. The van der Waals surface area contributed by atoms with Gasteiger partial charge in [-0.05, 0) is 40.5 Å². The third-order valence-electron chi connectivity index (χ3n) is 2.39. The summed E-state index contributed by atoms with van der Waals surface area (Å²) in [6, 6.07) is 8.03. The largest absolute Gasteiger partial charge is 0.379 e. The highest BCUT2D eigenvalue weighted by Crippen LogP contribution is 2.25. The molecule has 0 unspecified atom stereocenters. The van der Waals surface area contributed by atoms with Gasteiger partial charge >= 0.3 is 0 Å². The average Bonchev–Trinajstić information content (AvgIpc) is 2.74. The standard InChI is InChI=1S/C11H11BrN2O/c12-10-5-8(6-13)1-2-11(10)14-9-3-4-15-7-9/h1-2,5,9,14H,3-4,7H2/t9-/m1/s1. The molecular formula is C11H11BrN2O. The summed E-state index contributed by atoms with van der Waals surface area (Å²) >= 11 is 3.44. The highest BCUT2D eigenvalue weighted by Gasteiger charge is 2.15. The first kappa shape index (κ1) is 10.5. The van der Waals surface area contributed by atoms with Crippen LogP contribution in [0, 0.1) is 11.3 Å². The van der Waals surface area contributed by atoms with Crippen LogP contribution in [0.5, 0.6) is 0 Å². The Morgan fingerprint density at radius 2 is 2.40 bits per heavy atom. The Hall–Kier alpha value is -1.05. The number of benzene rings is 1. The molecule has 0 aromatic heterocycles. The summed E-state index contributed by atoms with van der Waals surface area (Å²) in [6.45, 7) is 1.58. The zero-order chi connectivity index (χ0) is 10.7. The first-order valence-electron chi connectivity index (χ1n) is 4.83. The lowest BCUT2D eigenvalue weighted by Crippen LogP contribution is -2.19. The Bertz CT molecular complexity index is 394. The van der Waals surface area contributed by atoms with Crippen molar-refractivity contribution in [2.75, 3.05) is 18.5 Å². The van der Waals surface area contributed by atoms with Gasteiger partial charge in [0, 0.05) is 16.8 Å². The summed E-state index contributed by atoms with van der Waals surface area (Å²) in [4.78, 5) is 0. The van der Waals surface area contributed by atoms with Crippen molar-refractivity contribution in [3.63, 3.8) is 0 Å². The predicted octanol–water partition coefficient (Wildman–Crippen LogP) is 2.52. The van der Waals surface area contributed by atoms with Crippen molar-refractivity contribution >= 4 is 21.6 Å². The smallest absolute Gasteiger partial charge is 0.0992 e. The van der Waals surface area contributed by atoms with Crippen molar-refractivity contribution in [1.29, 1.82) is 5.26 Å². The molecule has 1 aliphatic rings. The normalized spacial score (nSPS) is 19.9. The lowest BCUT2D eigenvalue weighted by atomic mass is 10.2. The fourth-order valence-electron chi connectivity index (χ4n) is 1.57. The lowest BCUT2D eigenvalue weighted by molar-refractivity contribution is 0.195. The Morgan fingerprint density at radius 1 is 1.53 bits per heavy atom. The van der Waals surface area contributed by atoms with Crippen molar-refractivity contribution in [3.05, 3.63) is 28.2 Å². The number of hydrogen-bond donors (Lipinski definition) is 1. The van der Waals surface area contributed by atoms with E-state index in [2.05, 4.69) is 27.3 Å². The predicted molar refractivity (Wildman–Crippen MR) is 61.7 cm³/mol. The molecule has 0 radical (unpaired) electrons. The highest BCUT2D eigenvalue weighted by molar-refractivity contribution is 9.10. The maximum Gasteiger partial charge on any atom is 0.0992 e. The van der Waals surface area contributed by atoms with E-state index in [9.17, 15) is 0 Å². The molecular weight excluding hydrogens is 256 g/mol. The lowest BCUT2D eigenvalue weighted by Gasteiger charge is -2.13. The third kappa shape index (κ3) is 2.49. The molecule has 15 heavy (non-hydrogen) atoms. The second-order valence-electron chi connectivity index (χ2n) is 3.51. The summed E-state index contributed by atoms with van der Waals surface area (Å²) in [5.74, 6) is 0. The van der Waals surface area contributed by atoms with Gasteiger partial charge in [-0.1, -0.05) is 0 Å². The Balaban J connectivity index is 2.11. The van der Waals surface area contributed by atoms with E-state index in [-0.39, 0.29) is 0 Å². The number of nitriles is 1. The number of nitrogens with one attached hydrogen (secondary N) is 1. The van der Waals surface area contributed by atoms with Gasteiger partial charge in [0.25, 0.3) is 0 Å². The molecule has 1 atom stereocenters. The number of anilines is 1. The van der Waals surface area contributed by atoms with Gasteiger partial charge in [-0.3, -0.25) is 0 Å². The van der Waals surface area contributed by atoms with Crippen LogP contribution in [0.25, 0.3) is 0 Å². The van der Waals surface area contributed by atoms with Crippen LogP contribution in [0.15, 0.2) is 22.7 Å². The number of ether oxygens (including phenoxy) is 1. The molecule has 3 nitrogen and oxygen atoms in total. The molecule has 0 amide bonds. The summed E-state index contributed by atoms with van der Waals surface area (Å²) in [7, 11) is 0. The molecule has 0 spiro atoms. The highest BCUT2D eigenvalue weighted by atomic mass is 79.9. The average molecular weight is 267 g/mol. The Kier molecular flexibility index (Phi) is 3.24. The number of nitrogens with zero attached hydrogens (tertiary/aromatic N) is 1. The summed E-state index contributed by atoms with van der Waals surface area (Å²) in [5.41, 5.74) is 1.68. The zero-order valence-corrected chi connectivity index (χ0v) is 9.75. The first-order chi connectivity index (χ1) is 7.29. The van der Waals surface area contributed by atoms with E-state index in [0.29, 0.717) is 11.6 Å². The van der Waals surface area contributed by atoms with Crippen LogP contribution in [0.1, 0.15) is 12.0 Å². The minimum absolute atomic E-state index is 0.384. The molecule has 1 fully saturated rings. The van der Waals surface area contributed by atoms with Gasteiger partial charge in [-0.2, -0.15) is 5.26 Å². The van der Waals surface area contributed by atoms with E-state index in [1.165, 1.54) is 0 Å². The van der Waals surface area contributed by atoms with Crippen molar-refractivity contribution in [2.24, 2.45) is 0 Å². The molecule has 1 aliphatic heterocycles. The maximum atomic E-state index is 8.73. The van der Waals surface area contributed by atoms with Crippen LogP contribution in [0.3, 0.4) is 0 Å². The molecule has 2 rings (SSSR count). The van der Waals surface area contributed by atoms with Gasteiger partial charge in [0.05, 0.1) is 24.3 Å². The van der Waals surface area contributed by atoms with Crippen molar-refractivity contribution in [2.45, 2.75) is 12.5 Å². The molecule has 1 saturated heterocycles. The SMILES string of the molecule is N#Cc1ccc(N[C@@H]2CCOC2)c(Br)c1. The minimum atomic E-state index is 0.384. The van der Waals surface area contributed by atoms with E-state index in [4.69, 9.17) is 10.00 Å². The van der Waals surface area contributed by atoms with E-state index in [0.717, 1.165) is 29.8 Å². The monoisotopic (exact) mass is 266 g/mol. The quantitative estimate of drug-likeness (QED) is 0.895. The van der Waals surface area contributed by atoms with E-state index >= 15 is 0 Å².